The Hall–Kier alpha value is -0.980. The molecule has 0 aromatic heterocycles. The van der Waals surface area contributed by atoms with Crippen LogP contribution < -0.4 is 4.74 Å². The topological polar surface area (TPSA) is 9.23 Å². The van der Waals surface area contributed by atoms with Crippen molar-refractivity contribution < 1.29 is 4.74 Å². The highest BCUT2D eigenvalue weighted by Gasteiger charge is 2.30. The maximum absolute atomic E-state index is 6.12. The molecule has 0 heterocycles. The van der Waals surface area contributed by atoms with Gasteiger partial charge >= 0.3 is 0 Å². The maximum Gasteiger partial charge on any atom is 0.119 e. The zero-order valence-corrected chi connectivity index (χ0v) is 12.9. The summed E-state index contributed by atoms with van der Waals surface area (Å²) in [6.45, 7) is 9.27. The number of rotatable bonds is 3. The van der Waals surface area contributed by atoms with Crippen molar-refractivity contribution in [2.75, 3.05) is 0 Å². The van der Waals surface area contributed by atoms with E-state index in [4.69, 9.17) is 4.74 Å². The first-order valence-corrected chi connectivity index (χ1v) is 7.74. The van der Waals surface area contributed by atoms with Crippen molar-refractivity contribution in [3.8, 4) is 5.75 Å². The first-order chi connectivity index (χ1) is 8.99. The van der Waals surface area contributed by atoms with Gasteiger partial charge in [-0.1, -0.05) is 39.8 Å². The molecule has 0 unspecified atom stereocenters. The molecular weight excluding hydrogens is 232 g/mol. The van der Waals surface area contributed by atoms with Crippen LogP contribution in [0.3, 0.4) is 0 Å². The lowest BCUT2D eigenvalue weighted by Crippen LogP contribution is -2.30. The predicted octanol–water partition coefficient (Wildman–Crippen LogP) is 5.23. The molecule has 0 bridgehead atoms. The summed E-state index contributed by atoms with van der Waals surface area (Å²) < 4.78 is 6.12. The Morgan fingerprint density at radius 1 is 1.00 bits per heavy atom. The molecule has 1 aliphatic rings. The van der Waals surface area contributed by atoms with Crippen molar-refractivity contribution in [1.82, 2.24) is 0 Å². The first-order valence-electron chi connectivity index (χ1n) is 7.74. The van der Waals surface area contributed by atoms with Gasteiger partial charge in [-0.2, -0.15) is 0 Å². The highest BCUT2D eigenvalue weighted by atomic mass is 16.5. The van der Waals surface area contributed by atoms with Crippen molar-refractivity contribution in [2.24, 2.45) is 11.3 Å². The number of hydrogen-bond donors (Lipinski definition) is 0. The molecule has 106 valence electrons. The summed E-state index contributed by atoms with van der Waals surface area (Å²) in [4.78, 5) is 0. The van der Waals surface area contributed by atoms with Crippen molar-refractivity contribution >= 4 is 0 Å². The van der Waals surface area contributed by atoms with Crippen LogP contribution in [-0.2, 0) is 6.42 Å². The molecule has 1 heteroatoms. The third kappa shape index (κ3) is 3.99. The molecule has 1 saturated carbocycles. The predicted molar refractivity (Wildman–Crippen MR) is 81.6 cm³/mol. The minimum atomic E-state index is 0.422. The molecule has 2 rings (SSSR count). The highest BCUT2D eigenvalue weighted by molar-refractivity contribution is 5.27. The van der Waals surface area contributed by atoms with Crippen LogP contribution in [0.2, 0.25) is 0 Å². The van der Waals surface area contributed by atoms with E-state index in [0.717, 1.165) is 18.1 Å². The van der Waals surface area contributed by atoms with Crippen LogP contribution in [0.15, 0.2) is 24.3 Å². The van der Waals surface area contributed by atoms with Crippen LogP contribution >= 0.6 is 0 Å². The van der Waals surface area contributed by atoms with Crippen LogP contribution in [0.25, 0.3) is 0 Å². The van der Waals surface area contributed by atoms with E-state index < -0.39 is 0 Å². The first kappa shape index (κ1) is 14.4. The lowest BCUT2D eigenvalue weighted by atomic mass is 9.72. The van der Waals surface area contributed by atoms with Crippen molar-refractivity contribution in [2.45, 2.75) is 65.9 Å². The summed E-state index contributed by atoms with van der Waals surface area (Å²) in [7, 11) is 0. The number of ether oxygens (including phenoxy) is 1. The molecule has 0 spiro atoms. The Kier molecular flexibility index (Phi) is 4.54. The lowest BCUT2D eigenvalue weighted by Gasteiger charge is -2.36. The van der Waals surface area contributed by atoms with E-state index in [9.17, 15) is 0 Å². The summed E-state index contributed by atoms with van der Waals surface area (Å²) in [5, 5.41) is 0. The Morgan fingerprint density at radius 2 is 1.58 bits per heavy atom. The van der Waals surface area contributed by atoms with Crippen LogP contribution in [0.4, 0.5) is 0 Å². The minimum Gasteiger partial charge on any atom is -0.490 e. The van der Waals surface area contributed by atoms with Gasteiger partial charge in [0.25, 0.3) is 0 Å². The fourth-order valence-corrected chi connectivity index (χ4v) is 3.04. The molecular formula is C18H28O. The molecule has 0 radical (unpaired) electrons. The summed E-state index contributed by atoms with van der Waals surface area (Å²) in [6, 6.07) is 8.59. The molecule has 1 nitrogen and oxygen atoms in total. The molecule has 0 aliphatic heterocycles. The number of hydrogen-bond acceptors (Lipinski definition) is 1. The summed E-state index contributed by atoms with van der Waals surface area (Å²) in [5.74, 6) is 1.89. The quantitative estimate of drug-likeness (QED) is 0.723. The van der Waals surface area contributed by atoms with E-state index in [0.29, 0.717) is 11.5 Å². The van der Waals surface area contributed by atoms with Crippen LogP contribution in [-0.4, -0.2) is 6.10 Å². The fourth-order valence-electron chi connectivity index (χ4n) is 3.04. The zero-order valence-electron chi connectivity index (χ0n) is 12.9. The largest absolute Gasteiger partial charge is 0.490 e. The van der Waals surface area contributed by atoms with E-state index in [1.165, 1.54) is 31.2 Å². The van der Waals surface area contributed by atoms with Crippen molar-refractivity contribution in [3.63, 3.8) is 0 Å². The van der Waals surface area contributed by atoms with Gasteiger partial charge in [-0.25, -0.2) is 0 Å². The maximum atomic E-state index is 6.12. The normalized spacial score (nSPS) is 24.2. The van der Waals surface area contributed by atoms with Gasteiger partial charge in [0.15, 0.2) is 0 Å². The van der Waals surface area contributed by atoms with Gasteiger partial charge < -0.3 is 4.74 Å². The van der Waals surface area contributed by atoms with Crippen molar-refractivity contribution in [3.05, 3.63) is 29.8 Å². The smallest absolute Gasteiger partial charge is 0.119 e. The standard InChI is InChI=1S/C18H28O/c1-5-14-6-10-16(11-7-14)19-17-12-8-15(9-13-17)18(2,3)4/h6-7,10-11,15,17H,5,8-9,12-13H2,1-4H3. The Balaban J connectivity index is 1.85. The second kappa shape index (κ2) is 5.98. The summed E-state index contributed by atoms with van der Waals surface area (Å²) >= 11 is 0. The van der Waals surface area contributed by atoms with Gasteiger partial charge in [-0.15, -0.1) is 0 Å². The molecule has 0 atom stereocenters. The second-order valence-electron chi connectivity index (χ2n) is 6.96. The Morgan fingerprint density at radius 3 is 2.05 bits per heavy atom. The van der Waals surface area contributed by atoms with E-state index in [1.54, 1.807) is 0 Å². The van der Waals surface area contributed by atoms with Crippen LogP contribution in [0.5, 0.6) is 5.75 Å². The monoisotopic (exact) mass is 260 g/mol. The van der Waals surface area contributed by atoms with E-state index in [2.05, 4.69) is 52.0 Å². The van der Waals surface area contributed by atoms with Gasteiger partial charge in [0.2, 0.25) is 0 Å². The number of aryl methyl sites for hydroxylation is 1. The van der Waals surface area contributed by atoms with Crippen molar-refractivity contribution in [1.29, 1.82) is 0 Å². The molecule has 0 N–H and O–H groups in total. The van der Waals surface area contributed by atoms with Gasteiger partial charge in [0.05, 0.1) is 6.10 Å². The minimum absolute atomic E-state index is 0.422. The molecule has 0 amide bonds. The number of benzene rings is 1. The molecule has 1 aromatic carbocycles. The third-order valence-corrected chi connectivity index (χ3v) is 4.53. The molecule has 1 aromatic rings. The molecule has 1 aliphatic carbocycles. The van der Waals surface area contributed by atoms with Gasteiger partial charge in [0, 0.05) is 0 Å². The average Bonchev–Trinajstić information content (AvgIpc) is 2.39. The van der Waals surface area contributed by atoms with Gasteiger partial charge in [-0.3, -0.25) is 0 Å². The van der Waals surface area contributed by atoms with Gasteiger partial charge in [0.1, 0.15) is 5.75 Å². The SMILES string of the molecule is CCc1ccc(OC2CCC(C(C)(C)C)CC2)cc1. The van der Waals surface area contributed by atoms with Crippen LogP contribution in [0.1, 0.15) is 58.9 Å². The van der Waals surface area contributed by atoms with Crippen LogP contribution in [0, 0.1) is 11.3 Å². The Labute approximate surface area is 118 Å². The Bertz CT molecular complexity index is 377. The zero-order chi connectivity index (χ0) is 13.9. The summed E-state index contributed by atoms with van der Waals surface area (Å²) in [5.41, 5.74) is 1.83. The van der Waals surface area contributed by atoms with E-state index in [1.807, 2.05) is 0 Å². The van der Waals surface area contributed by atoms with E-state index in [-0.39, 0.29) is 0 Å². The third-order valence-electron chi connectivity index (χ3n) is 4.53. The van der Waals surface area contributed by atoms with E-state index >= 15 is 0 Å². The second-order valence-corrected chi connectivity index (χ2v) is 6.96. The average molecular weight is 260 g/mol. The molecule has 19 heavy (non-hydrogen) atoms. The molecule has 1 fully saturated rings. The highest BCUT2D eigenvalue weighted by Crippen LogP contribution is 2.38. The molecule has 0 saturated heterocycles. The van der Waals surface area contributed by atoms with Gasteiger partial charge in [-0.05, 0) is 61.1 Å². The summed E-state index contributed by atoms with van der Waals surface area (Å²) in [6.07, 6.45) is 6.54. The fraction of sp³-hybridized carbons (Fsp3) is 0.667. The lowest BCUT2D eigenvalue weighted by molar-refractivity contribution is 0.0882.